The molecule has 32 heavy (non-hydrogen) atoms. The van der Waals surface area contributed by atoms with Crippen LogP contribution in [0.15, 0.2) is 70.9 Å². The lowest BCUT2D eigenvalue weighted by Crippen LogP contribution is -2.37. The maximum atomic E-state index is 13.3. The van der Waals surface area contributed by atoms with Crippen molar-refractivity contribution in [2.24, 2.45) is 0 Å². The first kappa shape index (κ1) is 22.9. The van der Waals surface area contributed by atoms with Crippen molar-refractivity contribution in [3.8, 4) is 5.75 Å². The molecule has 0 aliphatic carbocycles. The third-order valence-electron chi connectivity index (χ3n) is 5.34. The number of benzene rings is 2. The van der Waals surface area contributed by atoms with Gasteiger partial charge in [-0.05, 0) is 66.2 Å². The third-order valence-corrected chi connectivity index (χ3v) is 8.10. The third kappa shape index (κ3) is 5.95. The van der Waals surface area contributed by atoms with Crippen molar-refractivity contribution in [3.05, 3.63) is 82.3 Å². The van der Waals surface area contributed by atoms with Crippen molar-refractivity contribution >= 4 is 21.4 Å². The van der Waals surface area contributed by atoms with Gasteiger partial charge < -0.3 is 9.47 Å². The summed E-state index contributed by atoms with van der Waals surface area (Å²) < 4.78 is 53.0. The summed E-state index contributed by atoms with van der Waals surface area (Å²) >= 11 is 1.70. The molecule has 0 bridgehead atoms. The first-order valence-electron chi connectivity index (χ1n) is 10.6. The maximum absolute atomic E-state index is 13.3. The van der Waals surface area contributed by atoms with E-state index in [4.69, 9.17) is 9.47 Å². The SMILES string of the molecule is O=S(=O)(c1ccc(F)cc1)N(Cc1cccc(OCCc2cccs2)c1)CC1CCCO1. The second kappa shape index (κ2) is 10.6. The molecular formula is C24H26FNO4S2. The van der Waals surface area contributed by atoms with Crippen molar-refractivity contribution in [2.45, 2.75) is 36.8 Å². The molecule has 3 aromatic rings. The van der Waals surface area contributed by atoms with Gasteiger partial charge in [0.15, 0.2) is 0 Å². The lowest BCUT2D eigenvalue weighted by Gasteiger charge is -2.25. The smallest absolute Gasteiger partial charge is 0.243 e. The molecule has 0 amide bonds. The summed E-state index contributed by atoms with van der Waals surface area (Å²) in [5.41, 5.74) is 0.822. The highest BCUT2D eigenvalue weighted by Gasteiger charge is 2.29. The molecule has 0 saturated carbocycles. The number of hydrogen-bond donors (Lipinski definition) is 0. The van der Waals surface area contributed by atoms with Gasteiger partial charge in [-0.2, -0.15) is 4.31 Å². The number of thiophene rings is 1. The van der Waals surface area contributed by atoms with Gasteiger partial charge >= 0.3 is 0 Å². The van der Waals surface area contributed by atoms with E-state index in [1.54, 1.807) is 11.3 Å². The van der Waals surface area contributed by atoms with Crippen LogP contribution in [0.2, 0.25) is 0 Å². The minimum Gasteiger partial charge on any atom is -0.493 e. The Morgan fingerprint density at radius 3 is 2.69 bits per heavy atom. The van der Waals surface area contributed by atoms with Crippen LogP contribution in [0.3, 0.4) is 0 Å². The standard InChI is InChI=1S/C24H26FNO4S2/c25-20-8-10-24(11-9-20)32(27,28)26(18-22-6-2-13-29-22)17-19-4-1-5-21(16-19)30-14-12-23-7-3-15-31-23/h1,3-5,7-11,15-16,22H,2,6,12-14,17-18H2. The van der Waals surface area contributed by atoms with Crippen molar-refractivity contribution in [1.29, 1.82) is 0 Å². The number of nitrogens with zero attached hydrogens (tertiary/aromatic N) is 1. The van der Waals surface area contributed by atoms with Crippen LogP contribution in [0, 0.1) is 5.82 Å². The summed E-state index contributed by atoms with van der Waals surface area (Å²) in [5.74, 6) is 0.234. The van der Waals surface area contributed by atoms with E-state index in [-0.39, 0.29) is 24.1 Å². The van der Waals surface area contributed by atoms with E-state index >= 15 is 0 Å². The molecular weight excluding hydrogens is 449 g/mol. The highest BCUT2D eigenvalue weighted by Crippen LogP contribution is 2.24. The van der Waals surface area contributed by atoms with Gasteiger partial charge in [-0.3, -0.25) is 0 Å². The Hall–Kier alpha value is -2.26. The van der Waals surface area contributed by atoms with Crippen LogP contribution in [0.1, 0.15) is 23.3 Å². The molecule has 4 rings (SSSR count). The van der Waals surface area contributed by atoms with E-state index in [2.05, 4.69) is 6.07 Å². The summed E-state index contributed by atoms with van der Waals surface area (Å²) in [7, 11) is -3.82. The molecule has 5 nitrogen and oxygen atoms in total. The minimum atomic E-state index is -3.82. The van der Waals surface area contributed by atoms with E-state index in [1.807, 2.05) is 35.7 Å². The monoisotopic (exact) mass is 475 g/mol. The predicted octanol–water partition coefficient (Wildman–Crippen LogP) is 4.88. The van der Waals surface area contributed by atoms with E-state index in [1.165, 1.54) is 33.4 Å². The van der Waals surface area contributed by atoms with Crippen LogP contribution >= 0.6 is 11.3 Å². The van der Waals surface area contributed by atoms with Crippen LogP contribution in [0.4, 0.5) is 4.39 Å². The van der Waals surface area contributed by atoms with Gasteiger partial charge in [-0.25, -0.2) is 12.8 Å². The van der Waals surface area contributed by atoms with Crippen molar-refractivity contribution in [3.63, 3.8) is 0 Å². The number of rotatable bonds is 10. The summed E-state index contributed by atoms with van der Waals surface area (Å²) in [5, 5.41) is 2.04. The molecule has 1 unspecified atom stereocenters. The second-order valence-corrected chi connectivity index (χ2v) is 10.7. The Morgan fingerprint density at radius 1 is 1.12 bits per heavy atom. The Morgan fingerprint density at radius 2 is 1.97 bits per heavy atom. The van der Waals surface area contributed by atoms with E-state index in [0.29, 0.717) is 19.0 Å². The second-order valence-electron chi connectivity index (χ2n) is 7.71. The zero-order chi connectivity index (χ0) is 22.4. The molecule has 1 aliphatic rings. The van der Waals surface area contributed by atoms with Gasteiger partial charge in [-0.1, -0.05) is 18.2 Å². The molecule has 1 fully saturated rings. The fraction of sp³-hybridized carbons (Fsp3) is 0.333. The van der Waals surface area contributed by atoms with Crippen molar-refractivity contribution in [2.75, 3.05) is 19.8 Å². The number of hydrogen-bond acceptors (Lipinski definition) is 5. The maximum Gasteiger partial charge on any atom is 0.243 e. The normalized spacial score (nSPS) is 16.5. The van der Waals surface area contributed by atoms with E-state index < -0.39 is 15.8 Å². The zero-order valence-corrected chi connectivity index (χ0v) is 19.3. The minimum absolute atomic E-state index is 0.0697. The lowest BCUT2D eigenvalue weighted by molar-refractivity contribution is 0.0926. The summed E-state index contributed by atoms with van der Waals surface area (Å²) in [4.78, 5) is 1.33. The van der Waals surface area contributed by atoms with Crippen LogP contribution in [0.5, 0.6) is 5.75 Å². The molecule has 1 saturated heterocycles. The molecule has 1 atom stereocenters. The molecule has 0 spiro atoms. The molecule has 1 aliphatic heterocycles. The number of sulfonamides is 1. The summed E-state index contributed by atoms with van der Waals surface area (Å²) in [6.07, 6.45) is 2.42. The zero-order valence-electron chi connectivity index (χ0n) is 17.7. The molecule has 0 radical (unpaired) electrons. The predicted molar refractivity (Wildman–Crippen MR) is 123 cm³/mol. The van der Waals surface area contributed by atoms with Gasteiger partial charge in [-0.15, -0.1) is 11.3 Å². The molecule has 2 aromatic carbocycles. The van der Waals surface area contributed by atoms with Gasteiger partial charge in [0.1, 0.15) is 11.6 Å². The van der Waals surface area contributed by atoms with Gasteiger partial charge in [0.2, 0.25) is 10.0 Å². The van der Waals surface area contributed by atoms with E-state index in [0.717, 1.165) is 24.8 Å². The van der Waals surface area contributed by atoms with Crippen LogP contribution in [-0.4, -0.2) is 38.6 Å². The van der Waals surface area contributed by atoms with Crippen LogP contribution in [0.25, 0.3) is 0 Å². The number of ether oxygens (including phenoxy) is 2. The first-order valence-corrected chi connectivity index (χ1v) is 12.9. The Balaban J connectivity index is 1.49. The first-order chi connectivity index (χ1) is 15.5. The molecule has 0 N–H and O–H groups in total. The average molecular weight is 476 g/mol. The quantitative estimate of drug-likeness (QED) is 0.419. The average Bonchev–Trinajstić information content (AvgIpc) is 3.48. The van der Waals surface area contributed by atoms with Crippen molar-refractivity contribution in [1.82, 2.24) is 4.31 Å². The van der Waals surface area contributed by atoms with Crippen molar-refractivity contribution < 1.29 is 22.3 Å². The largest absolute Gasteiger partial charge is 0.493 e. The molecule has 1 aromatic heterocycles. The van der Waals surface area contributed by atoms with E-state index in [9.17, 15) is 12.8 Å². The van der Waals surface area contributed by atoms with Crippen LogP contribution in [-0.2, 0) is 27.7 Å². The van der Waals surface area contributed by atoms with Crippen LogP contribution < -0.4 is 4.74 Å². The lowest BCUT2D eigenvalue weighted by atomic mass is 10.2. The van der Waals surface area contributed by atoms with Gasteiger partial charge in [0, 0.05) is 31.0 Å². The molecule has 170 valence electrons. The highest BCUT2D eigenvalue weighted by atomic mass is 32.2. The Labute approximate surface area is 192 Å². The molecule has 8 heteroatoms. The summed E-state index contributed by atoms with van der Waals surface area (Å²) in [6.45, 7) is 1.63. The Kier molecular flexibility index (Phi) is 7.57. The van der Waals surface area contributed by atoms with Gasteiger partial charge in [0.05, 0.1) is 17.6 Å². The highest BCUT2D eigenvalue weighted by molar-refractivity contribution is 7.89. The summed E-state index contributed by atoms with van der Waals surface area (Å²) in [6, 6.07) is 16.5. The topological polar surface area (TPSA) is 55.8 Å². The fourth-order valence-corrected chi connectivity index (χ4v) is 5.83. The van der Waals surface area contributed by atoms with Gasteiger partial charge in [0.25, 0.3) is 0 Å². The fourth-order valence-electron chi connectivity index (χ4n) is 3.68. The molecule has 2 heterocycles. The Bertz CT molecular complexity index is 1100. The number of halogens is 1.